The van der Waals surface area contributed by atoms with E-state index in [1.165, 1.54) is 12.8 Å². The maximum atomic E-state index is 5.80. The molecule has 17 heavy (non-hydrogen) atoms. The Balaban J connectivity index is 2.10. The van der Waals surface area contributed by atoms with Gasteiger partial charge in [-0.05, 0) is 19.8 Å². The summed E-state index contributed by atoms with van der Waals surface area (Å²) in [6, 6.07) is 2.19. The van der Waals surface area contributed by atoms with Crippen molar-refractivity contribution >= 4 is 11.6 Å². The minimum Gasteiger partial charge on any atom is -0.358 e. The molecule has 94 valence electrons. The fourth-order valence-electron chi connectivity index (χ4n) is 2.19. The summed E-state index contributed by atoms with van der Waals surface area (Å²) in [6.45, 7) is 5.01. The molecule has 1 aliphatic heterocycles. The largest absolute Gasteiger partial charge is 0.358 e. The molecule has 0 bridgehead atoms. The Morgan fingerprint density at radius 3 is 2.76 bits per heavy atom. The minimum absolute atomic E-state index is 0.144. The molecule has 2 heterocycles. The molecule has 0 aliphatic carbocycles. The van der Waals surface area contributed by atoms with Gasteiger partial charge in [-0.2, -0.15) is 0 Å². The average Bonchev–Trinajstić information content (AvgIpc) is 2.82. The second-order valence-electron chi connectivity index (χ2n) is 4.79. The van der Waals surface area contributed by atoms with Gasteiger partial charge in [0.25, 0.3) is 0 Å². The number of nitrogens with zero attached hydrogens (tertiary/aromatic N) is 4. The van der Waals surface area contributed by atoms with Crippen LogP contribution in [0, 0.1) is 0 Å². The highest BCUT2D eigenvalue weighted by molar-refractivity contribution is 5.50. The van der Waals surface area contributed by atoms with E-state index in [-0.39, 0.29) is 6.04 Å². The summed E-state index contributed by atoms with van der Waals surface area (Å²) in [7, 11) is 2.01. The summed E-state index contributed by atoms with van der Waals surface area (Å²) in [6.07, 6.45) is 4.16. The Bertz CT molecular complexity index is 360. The van der Waals surface area contributed by atoms with Gasteiger partial charge in [0.05, 0.1) is 0 Å². The first-order valence-corrected chi connectivity index (χ1v) is 6.20. The maximum Gasteiger partial charge on any atom is 0.134 e. The summed E-state index contributed by atoms with van der Waals surface area (Å²) in [4.78, 5) is 13.0. The standard InChI is InChI=1S/C12H21N5/c1-10(13)8-16(2)11-7-12(15-9-14-11)17-5-3-4-6-17/h7,9-10H,3-6,8,13H2,1-2H3. The van der Waals surface area contributed by atoms with E-state index in [0.29, 0.717) is 0 Å². The van der Waals surface area contributed by atoms with Crippen LogP contribution in [0.25, 0.3) is 0 Å². The van der Waals surface area contributed by atoms with Gasteiger partial charge in [-0.3, -0.25) is 0 Å². The van der Waals surface area contributed by atoms with Crippen LogP contribution in [-0.4, -0.2) is 42.7 Å². The molecule has 0 radical (unpaired) electrons. The first-order valence-electron chi connectivity index (χ1n) is 6.20. The van der Waals surface area contributed by atoms with Crippen LogP contribution in [0.2, 0.25) is 0 Å². The van der Waals surface area contributed by atoms with Gasteiger partial charge >= 0.3 is 0 Å². The smallest absolute Gasteiger partial charge is 0.134 e. The second kappa shape index (κ2) is 5.31. The third-order valence-electron chi connectivity index (χ3n) is 3.02. The topological polar surface area (TPSA) is 58.3 Å². The molecule has 0 aromatic carbocycles. The molecule has 0 amide bonds. The van der Waals surface area contributed by atoms with Crippen molar-refractivity contribution in [3.8, 4) is 0 Å². The Morgan fingerprint density at radius 2 is 2.12 bits per heavy atom. The Labute approximate surface area is 103 Å². The molecule has 1 aromatic rings. The summed E-state index contributed by atoms with van der Waals surface area (Å²) in [5, 5.41) is 0. The van der Waals surface area contributed by atoms with E-state index in [9.17, 15) is 0 Å². The zero-order chi connectivity index (χ0) is 12.3. The van der Waals surface area contributed by atoms with Gasteiger partial charge in [0, 0.05) is 38.8 Å². The fourth-order valence-corrected chi connectivity index (χ4v) is 2.19. The zero-order valence-corrected chi connectivity index (χ0v) is 10.6. The number of aromatic nitrogens is 2. The highest BCUT2D eigenvalue weighted by Crippen LogP contribution is 2.20. The first kappa shape index (κ1) is 12.1. The second-order valence-corrected chi connectivity index (χ2v) is 4.79. The first-order chi connectivity index (χ1) is 8.16. The van der Waals surface area contributed by atoms with Crippen molar-refractivity contribution in [2.45, 2.75) is 25.8 Å². The van der Waals surface area contributed by atoms with Gasteiger partial charge in [-0.15, -0.1) is 0 Å². The van der Waals surface area contributed by atoms with Gasteiger partial charge in [-0.1, -0.05) is 0 Å². The van der Waals surface area contributed by atoms with Crippen molar-refractivity contribution in [3.05, 3.63) is 12.4 Å². The van der Waals surface area contributed by atoms with Crippen LogP contribution in [0.15, 0.2) is 12.4 Å². The lowest BCUT2D eigenvalue weighted by Crippen LogP contribution is -2.33. The van der Waals surface area contributed by atoms with Crippen LogP contribution in [0.1, 0.15) is 19.8 Å². The average molecular weight is 235 g/mol. The molecule has 2 rings (SSSR count). The molecule has 5 nitrogen and oxygen atoms in total. The Hall–Kier alpha value is -1.36. The van der Waals surface area contributed by atoms with Crippen LogP contribution in [0.5, 0.6) is 0 Å². The Kier molecular flexibility index (Phi) is 3.78. The molecule has 1 aliphatic rings. The molecule has 0 spiro atoms. The maximum absolute atomic E-state index is 5.80. The van der Waals surface area contributed by atoms with Crippen LogP contribution < -0.4 is 15.5 Å². The molecule has 1 aromatic heterocycles. The molecular formula is C12H21N5. The van der Waals surface area contributed by atoms with E-state index < -0.39 is 0 Å². The Morgan fingerprint density at radius 1 is 1.41 bits per heavy atom. The number of hydrogen-bond donors (Lipinski definition) is 1. The molecule has 1 atom stereocenters. The van der Waals surface area contributed by atoms with Crippen LogP contribution in [0.4, 0.5) is 11.6 Å². The van der Waals surface area contributed by atoms with E-state index in [2.05, 4.69) is 19.8 Å². The molecule has 1 unspecified atom stereocenters. The summed E-state index contributed by atoms with van der Waals surface area (Å²) in [5.41, 5.74) is 5.80. The summed E-state index contributed by atoms with van der Waals surface area (Å²) in [5.74, 6) is 1.98. The summed E-state index contributed by atoms with van der Waals surface area (Å²) >= 11 is 0. The van der Waals surface area contributed by atoms with Crippen molar-refractivity contribution in [2.75, 3.05) is 36.5 Å². The minimum atomic E-state index is 0.144. The third kappa shape index (κ3) is 3.06. The van der Waals surface area contributed by atoms with Crippen molar-refractivity contribution in [2.24, 2.45) is 5.73 Å². The lowest BCUT2D eigenvalue weighted by molar-refractivity contribution is 0.710. The summed E-state index contributed by atoms with van der Waals surface area (Å²) < 4.78 is 0. The SMILES string of the molecule is CC(N)CN(C)c1cc(N2CCCC2)ncn1. The van der Waals surface area contributed by atoms with Gasteiger partial charge in [0.15, 0.2) is 0 Å². The molecule has 5 heteroatoms. The van der Waals surface area contributed by atoms with E-state index in [0.717, 1.165) is 31.3 Å². The predicted octanol–water partition coefficient (Wildman–Crippen LogP) is 0.860. The number of nitrogens with two attached hydrogens (primary N) is 1. The zero-order valence-electron chi connectivity index (χ0n) is 10.6. The quantitative estimate of drug-likeness (QED) is 0.839. The highest BCUT2D eigenvalue weighted by Gasteiger charge is 2.15. The predicted molar refractivity (Wildman–Crippen MR) is 70.4 cm³/mol. The van der Waals surface area contributed by atoms with E-state index in [1.807, 2.05) is 20.0 Å². The molecule has 1 fully saturated rings. The van der Waals surface area contributed by atoms with Crippen molar-refractivity contribution in [1.82, 2.24) is 9.97 Å². The van der Waals surface area contributed by atoms with E-state index in [1.54, 1.807) is 6.33 Å². The van der Waals surface area contributed by atoms with E-state index in [4.69, 9.17) is 5.73 Å². The third-order valence-corrected chi connectivity index (χ3v) is 3.02. The van der Waals surface area contributed by atoms with Crippen molar-refractivity contribution < 1.29 is 0 Å². The van der Waals surface area contributed by atoms with E-state index >= 15 is 0 Å². The number of hydrogen-bond acceptors (Lipinski definition) is 5. The fraction of sp³-hybridized carbons (Fsp3) is 0.667. The molecule has 0 saturated carbocycles. The van der Waals surface area contributed by atoms with Gasteiger partial charge in [0.2, 0.25) is 0 Å². The lowest BCUT2D eigenvalue weighted by atomic mass is 10.3. The normalized spacial score (nSPS) is 17.2. The highest BCUT2D eigenvalue weighted by atomic mass is 15.2. The van der Waals surface area contributed by atoms with Crippen LogP contribution >= 0.6 is 0 Å². The number of likely N-dealkylation sites (N-methyl/N-ethyl adjacent to an activating group) is 1. The molecule has 2 N–H and O–H groups in total. The number of anilines is 2. The number of rotatable bonds is 4. The molecule has 1 saturated heterocycles. The van der Waals surface area contributed by atoms with Gasteiger partial charge in [0.1, 0.15) is 18.0 Å². The molecular weight excluding hydrogens is 214 g/mol. The van der Waals surface area contributed by atoms with Crippen LogP contribution in [0.3, 0.4) is 0 Å². The monoisotopic (exact) mass is 235 g/mol. The van der Waals surface area contributed by atoms with Crippen molar-refractivity contribution in [1.29, 1.82) is 0 Å². The lowest BCUT2D eigenvalue weighted by Gasteiger charge is -2.22. The van der Waals surface area contributed by atoms with Gasteiger partial charge in [-0.25, -0.2) is 9.97 Å². The van der Waals surface area contributed by atoms with Crippen LogP contribution in [-0.2, 0) is 0 Å². The van der Waals surface area contributed by atoms with Gasteiger partial charge < -0.3 is 15.5 Å². The van der Waals surface area contributed by atoms with Crippen molar-refractivity contribution in [3.63, 3.8) is 0 Å².